The first-order chi connectivity index (χ1) is 7.19. The van der Waals surface area contributed by atoms with Crippen LogP contribution in [0.3, 0.4) is 0 Å². The highest BCUT2D eigenvalue weighted by molar-refractivity contribution is 5.79. The van der Waals surface area contributed by atoms with Gasteiger partial charge in [0.2, 0.25) is 5.91 Å². The molecule has 1 heterocycles. The first-order valence-corrected chi connectivity index (χ1v) is 5.94. The molecule has 0 aliphatic carbocycles. The highest BCUT2D eigenvalue weighted by Gasteiger charge is 2.30. The number of hydrogen-bond acceptors (Lipinski definition) is 1. The summed E-state index contributed by atoms with van der Waals surface area (Å²) >= 11 is 0. The Hall–Kier alpha value is -0.970. The molecule has 2 unspecified atom stereocenters. The number of carbonyl (C=O) groups excluding carboxylic acids is 1. The molecule has 0 aromatic carbocycles. The van der Waals surface area contributed by atoms with Crippen LogP contribution in [0.5, 0.6) is 0 Å². The normalized spacial score (nSPS) is 22.9. The van der Waals surface area contributed by atoms with Crippen LogP contribution in [0, 0.1) is 18.3 Å². The lowest BCUT2D eigenvalue weighted by Gasteiger charge is -2.24. The average Bonchev–Trinajstić information content (AvgIpc) is 2.60. The average molecular weight is 207 g/mol. The van der Waals surface area contributed by atoms with Gasteiger partial charge in [-0.25, -0.2) is 0 Å². The maximum Gasteiger partial charge on any atom is 0.224 e. The van der Waals surface area contributed by atoms with E-state index in [1.54, 1.807) is 0 Å². The standard InChI is InChI=1S/C13H21NO/c1-4-6-7-8-11(3)14-10-12(5-2)9-13(14)15/h2,11-12H,4,6-10H2,1,3H3. The number of amides is 1. The molecule has 0 spiro atoms. The fraction of sp³-hybridized carbons (Fsp3) is 0.769. The molecular weight excluding hydrogens is 186 g/mol. The summed E-state index contributed by atoms with van der Waals surface area (Å²) in [7, 11) is 0. The van der Waals surface area contributed by atoms with E-state index in [4.69, 9.17) is 6.42 Å². The van der Waals surface area contributed by atoms with Crippen molar-refractivity contribution in [3.8, 4) is 12.3 Å². The second-order valence-corrected chi connectivity index (χ2v) is 4.46. The van der Waals surface area contributed by atoms with Crippen LogP contribution in [0.15, 0.2) is 0 Å². The van der Waals surface area contributed by atoms with Crippen molar-refractivity contribution in [1.29, 1.82) is 0 Å². The van der Waals surface area contributed by atoms with Crippen LogP contribution in [-0.4, -0.2) is 23.4 Å². The molecule has 1 aliphatic heterocycles. The smallest absolute Gasteiger partial charge is 0.224 e. The van der Waals surface area contributed by atoms with Crippen LogP contribution < -0.4 is 0 Å². The van der Waals surface area contributed by atoms with E-state index in [0.717, 1.165) is 13.0 Å². The van der Waals surface area contributed by atoms with Gasteiger partial charge in [0.1, 0.15) is 0 Å². The van der Waals surface area contributed by atoms with Gasteiger partial charge >= 0.3 is 0 Å². The maximum absolute atomic E-state index is 11.6. The van der Waals surface area contributed by atoms with E-state index in [1.807, 2.05) is 4.90 Å². The second kappa shape index (κ2) is 5.80. The quantitative estimate of drug-likeness (QED) is 0.501. The van der Waals surface area contributed by atoms with Crippen molar-refractivity contribution < 1.29 is 4.79 Å². The van der Waals surface area contributed by atoms with Gasteiger partial charge < -0.3 is 4.90 Å². The molecule has 2 heteroatoms. The number of rotatable bonds is 5. The predicted octanol–water partition coefficient (Wildman–Crippen LogP) is 2.44. The summed E-state index contributed by atoms with van der Waals surface area (Å²) in [6.07, 6.45) is 10.7. The monoisotopic (exact) mass is 207 g/mol. The fourth-order valence-electron chi connectivity index (χ4n) is 2.11. The molecule has 15 heavy (non-hydrogen) atoms. The summed E-state index contributed by atoms with van der Waals surface area (Å²) in [5.74, 6) is 3.07. The Morgan fingerprint density at radius 2 is 2.33 bits per heavy atom. The van der Waals surface area contributed by atoms with E-state index in [2.05, 4.69) is 19.8 Å². The second-order valence-electron chi connectivity index (χ2n) is 4.46. The molecular formula is C13H21NO. The molecule has 0 bridgehead atoms. The topological polar surface area (TPSA) is 20.3 Å². The zero-order chi connectivity index (χ0) is 11.3. The van der Waals surface area contributed by atoms with Crippen molar-refractivity contribution in [2.24, 2.45) is 5.92 Å². The molecule has 0 aromatic heterocycles. The van der Waals surface area contributed by atoms with Crippen LogP contribution in [0.1, 0.15) is 46.0 Å². The Balaban J connectivity index is 2.36. The van der Waals surface area contributed by atoms with Crippen LogP contribution in [0.2, 0.25) is 0 Å². The minimum absolute atomic E-state index is 0.145. The van der Waals surface area contributed by atoms with Gasteiger partial charge in [0, 0.05) is 24.9 Å². The maximum atomic E-state index is 11.6. The largest absolute Gasteiger partial charge is 0.339 e. The molecule has 0 saturated carbocycles. The molecule has 1 aliphatic rings. The summed E-state index contributed by atoms with van der Waals surface area (Å²) in [5, 5.41) is 0. The van der Waals surface area contributed by atoms with Crippen molar-refractivity contribution in [3.63, 3.8) is 0 Å². The Kier molecular flexibility index (Phi) is 4.68. The number of terminal acetylenes is 1. The van der Waals surface area contributed by atoms with E-state index < -0.39 is 0 Å². The number of hydrogen-bond donors (Lipinski definition) is 0. The first-order valence-electron chi connectivity index (χ1n) is 5.94. The Morgan fingerprint density at radius 1 is 1.60 bits per heavy atom. The van der Waals surface area contributed by atoms with Gasteiger partial charge in [-0.2, -0.15) is 0 Å². The van der Waals surface area contributed by atoms with Crippen molar-refractivity contribution in [3.05, 3.63) is 0 Å². The Labute approximate surface area is 93.0 Å². The summed E-state index contributed by atoms with van der Waals surface area (Å²) in [6.45, 7) is 5.09. The highest BCUT2D eigenvalue weighted by atomic mass is 16.2. The van der Waals surface area contributed by atoms with E-state index in [1.165, 1.54) is 19.3 Å². The van der Waals surface area contributed by atoms with E-state index >= 15 is 0 Å². The molecule has 1 fully saturated rings. The molecule has 0 aromatic rings. The van der Waals surface area contributed by atoms with Crippen molar-refractivity contribution in [1.82, 2.24) is 4.90 Å². The van der Waals surface area contributed by atoms with Crippen LogP contribution in [0.4, 0.5) is 0 Å². The lowest BCUT2D eigenvalue weighted by molar-refractivity contribution is -0.129. The Morgan fingerprint density at radius 3 is 2.87 bits per heavy atom. The van der Waals surface area contributed by atoms with Crippen LogP contribution in [0.25, 0.3) is 0 Å². The van der Waals surface area contributed by atoms with Gasteiger partial charge in [-0.05, 0) is 13.3 Å². The molecule has 1 amide bonds. The lowest BCUT2D eigenvalue weighted by atomic mass is 10.1. The van der Waals surface area contributed by atoms with Crippen molar-refractivity contribution in [2.45, 2.75) is 52.0 Å². The zero-order valence-electron chi connectivity index (χ0n) is 9.83. The first kappa shape index (κ1) is 12.1. The number of nitrogens with zero attached hydrogens (tertiary/aromatic N) is 1. The minimum atomic E-state index is 0.145. The third kappa shape index (κ3) is 3.27. The van der Waals surface area contributed by atoms with Gasteiger partial charge in [0.25, 0.3) is 0 Å². The number of likely N-dealkylation sites (tertiary alicyclic amines) is 1. The summed E-state index contributed by atoms with van der Waals surface area (Å²) in [6, 6.07) is 0.363. The van der Waals surface area contributed by atoms with E-state index in [0.29, 0.717) is 12.5 Å². The van der Waals surface area contributed by atoms with E-state index in [9.17, 15) is 4.79 Å². The summed E-state index contributed by atoms with van der Waals surface area (Å²) in [4.78, 5) is 13.6. The van der Waals surface area contributed by atoms with Crippen molar-refractivity contribution in [2.75, 3.05) is 6.54 Å². The zero-order valence-corrected chi connectivity index (χ0v) is 9.83. The molecule has 84 valence electrons. The lowest BCUT2D eigenvalue weighted by Crippen LogP contribution is -2.34. The molecule has 0 N–H and O–H groups in total. The van der Waals surface area contributed by atoms with Crippen molar-refractivity contribution >= 4 is 5.91 Å². The third-order valence-electron chi connectivity index (χ3n) is 3.15. The third-order valence-corrected chi connectivity index (χ3v) is 3.15. The summed E-state index contributed by atoms with van der Waals surface area (Å²) in [5.41, 5.74) is 0. The van der Waals surface area contributed by atoms with Gasteiger partial charge in [-0.1, -0.05) is 26.2 Å². The van der Waals surface area contributed by atoms with Gasteiger partial charge in [-0.15, -0.1) is 12.3 Å². The van der Waals surface area contributed by atoms with E-state index in [-0.39, 0.29) is 11.8 Å². The molecule has 2 nitrogen and oxygen atoms in total. The van der Waals surface area contributed by atoms with Gasteiger partial charge in [0.15, 0.2) is 0 Å². The van der Waals surface area contributed by atoms with Crippen LogP contribution in [-0.2, 0) is 4.79 Å². The fourth-order valence-corrected chi connectivity index (χ4v) is 2.11. The molecule has 1 rings (SSSR count). The molecule has 1 saturated heterocycles. The number of carbonyl (C=O) groups is 1. The van der Waals surface area contributed by atoms with Gasteiger partial charge in [-0.3, -0.25) is 4.79 Å². The minimum Gasteiger partial charge on any atom is -0.339 e. The van der Waals surface area contributed by atoms with Gasteiger partial charge in [0.05, 0.1) is 0 Å². The molecule has 0 radical (unpaired) electrons. The highest BCUT2D eigenvalue weighted by Crippen LogP contribution is 2.21. The predicted molar refractivity (Wildman–Crippen MR) is 62.3 cm³/mol. The SMILES string of the molecule is C#CC1CC(=O)N(C(C)CCCCC)C1. The number of unbranched alkanes of at least 4 members (excludes halogenated alkanes) is 2. The molecule has 2 atom stereocenters. The summed E-state index contributed by atoms with van der Waals surface area (Å²) < 4.78 is 0. The Bertz CT molecular complexity index is 254. The van der Waals surface area contributed by atoms with Crippen LogP contribution >= 0.6 is 0 Å².